The lowest BCUT2D eigenvalue weighted by Gasteiger charge is -2.28. The summed E-state index contributed by atoms with van der Waals surface area (Å²) in [6.07, 6.45) is 5.16. The smallest absolute Gasteiger partial charge is 0.335 e. The standard InChI is InChI=1S/C16H15FN2O3S/c17-12-9-10(14(21)22)3-4-11(12)13(20)19-16(5-1-2-6-16)15-18-7-8-23-15/h3-4,7-9H,1-2,5-6H2,(H,19,20)(H,21,22). The highest BCUT2D eigenvalue weighted by Crippen LogP contribution is 2.39. The van der Waals surface area contributed by atoms with Crippen LogP contribution >= 0.6 is 11.3 Å². The highest BCUT2D eigenvalue weighted by molar-refractivity contribution is 7.09. The molecule has 3 rings (SSSR count). The van der Waals surface area contributed by atoms with Crippen molar-refractivity contribution in [2.45, 2.75) is 31.2 Å². The number of carbonyl (C=O) groups is 2. The first-order chi connectivity index (χ1) is 11.0. The Bertz CT molecular complexity index is 740. The molecule has 0 atom stereocenters. The first kappa shape index (κ1) is 15.6. The molecule has 0 bridgehead atoms. The van der Waals surface area contributed by atoms with Gasteiger partial charge in [0.15, 0.2) is 0 Å². The van der Waals surface area contributed by atoms with E-state index < -0.39 is 23.2 Å². The summed E-state index contributed by atoms with van der Waals surface area (Å²) >= 11 is 1.47. The van der Waals surface area contributed by atoms with Crippen molar-refractivity contribution in [3.05, 3.63) is 51.7 Å². The summed E-state index contributed by atoms with van der Waals surface area (Å²) in [5, 5.41) is 14.5. The molecular formula is C16H15FN2O3S. The van der Waals surface area contributed by atoms with E-state index in [1.807, 2.05) is 5.38 Å². The van der Waals surface area contributed by atoms with Gasteiger partial charge in [-0.1, -0.05) is 12.8 Å². The monoisotopic (exact) mass is 334 g/mol. The van der Waals surface area contributed by atoms with Gasteiger partial charge in [0.1, 0.15) is 10.8 Å². The maximum atomic E-state index is 14.1. The third-order valence-electron chi connectivity index (χ3n) is 4.11. The van der Waals surface area contributed by atoms with E-state index in [4.69, 9.17) is 5.11 Å². The Kier molecular flexibility index (Phi) is 4.12. The Morgan fingerprint density at radius 3 is 2.61 bits per heavy atom. The lowest BCUT2D eigenvalue weighted by atomic mass is 9.97. The summed E-state index contributed by atoms with van der Waals surface area (Å²) in [5.74, 6) is -2.61. The SMILES string of the molecule is O=C(O)c1ccc(C(=O)NC2(c3nccs3)CCCC2)c(F)c1. The predicted octanol–water partition coefficient (Wildman–Crippen LogP) is 3.18. The van der Waals surface area contributed by atoms with Crippen LogP contribution in [0.1, 0.15) is 51.4 Å². The minimum absolute atomic E-state index is 0.155. The number of hydrogen-bond donors (Lipinski definition) is 2. The molecule has 1 fully saturated rings. The number of nitrogens with zero attached hydrogens (tertiary/aromatic N) is 1. The molecule has 2 aromatic rings. The molecule has 7 heteroatoms. The molecule has 1 aromatic heterocycles. The van der Waals surface area contributed by atoms with Gasteiger partial charge in [-0.25, -0.2) is 14.2 Å². The van der Waals surface area contributed by atoms with Gasteiger partial charge < -0.3 is 10.4 Å². The van der Waals surface area contributed by atoms with Gasteiger partial charge in [-0.05, 0) is 31.0 Å². The molecule has 0 spiro atoms. The number of nitrogens with one attached hydrogen (secondary N) is 1. The number of aromatic carboxylic acids is 1. The molecular weight excluding hydrogens is 319 g/mol. The van der Waals surface area contributed by atoms with Crippen molar-refractivity contribution in [3.8, 4) is 0 Å². The first-order valence-corrected chi connectivity index (χ1v) is 8.15. The van der Waals surface area contributed by atoms with Crippen molar-refractivity contribution >= 4 is 23.2 Å². The van der Waals surface area contributed by atoms with Crippen LogP contribution in [-0.2, 0) is 5.54 Å². The average molecular weight is 334 g/mol. The van der Waals surface area contributed by atoms with E-state index in [1.165, 1.54) is 23.5 Å². The van der Waals surface area contributed by atoms with Gasteiger partial charge in [-0.3, -0.25) is 4.79 Å². The molecule has 2 N–H and O–H groups in total. The fourth-order valence-electron chi connectivity index (χ4n) is 2.95. The summed E-state index contributed by atoms with van der Waals surface area (Å²) < 4.78 is 14.1. The second-order valence-corrected chi connectivity index (χ2v) is 6.47. The van der Waals surface area contributed by atoms with E-state index >= 15 is 0 Å². The van der Waals surface area contributed by atoms with Crippen LogP contribution in [0.5, 0.6) is 0 Å². The molecule has 1 saturated carbocycles. The summed E-state index contributed by atoms with van der Waals surface area (Å²) in [4.78, 5) is 27.6. The number of amides is 1. The fourth-order valence-corrected chi connectivity index (χ4v) is 3.80. The van der Waals surface area contributed by atoms with Crippen LogP contribution in [0.4, 0.5) is 4.39 Å². The van der Waals surface area contributed by atoms with E-state index in [2.05, 4.69) is 10.3 Å². The molecule has 23 heavy (non-hydrogen) atoms. The highest BCUT2D eigenvalue weighted by atomic mass is 32.1. The van der Waals surface area contributed by atoms with E-state index in [-0.39, 0.29) is 11.1 Å². The van der Waals surface area contributed by atoms with Gasteiger partial charge in [-0.15, -0.1) is 11.3 Å². The summed E-state index contributed by atoms with van der Waals surface area (Å²) in [7, 11) is 0. The Morgan fingerprint density at radius 1 is 1.30 bits per heavy atom. The lowest BCUT2D eigenvalue weighted by Crippen LogP contribution is -2.44. The number of halogens is 1. The van der Waals surface area contributed by atoms with Gasteiger partial charge >= 0.3 is 5.97 Å². The third kappa shape index (κ3) is 2.96. The van der Waals surface area contributed by atoms with Crippen LogP contribution in [0.2, 0.25) is 0 Å². The number of carbonyl (C=O) groups excluding carboxylic acids is 1. The van der Waals surface area contributed by atoms with E-state index in [1.54, 1.807) is 6.20 Å². The molecule has 5 nitrogen and oxygen atoms in total. The van der Waals surface area contributed by atoms with Crippen LogP contribution in [0, 0.1) is 5.82 Å². The number of aromatic nitrogens is 1. The van der Waals surface area contributed by atoms with Crippen molar-refractivity contribution in [3.63, 3.8) is 0 Å². The van der Waals surface area contributed by atoms with Crippen LogP contribution in [0.3, 0.4) is 0 Å². The molecule has 0 radical (unpaired) electrons. The number of rotatable bonds is 4. The van der Waals surface area contributed by atoms with Crippen LogP contribution < -0.4 is 5.32 Å². The van der Waals surface area contributed by atoms with Crippen molar-refractivity contribution < 1.29 is 19.1 Å². The van der Waals surface area contributed by atoms with Crippen molar-refractivity contribution in [2.24, 2.45) is 0 Å². The zero-order valence-corrected chi connectivity index (χ0v) is 13.0. The maximum absolute atomic E-state index is 14.1. The van der Waals surface area contributed by atoms with Gasteiger partial charge in [0.05, 0.1) is 16.7 Å². The molecule has 1 aliphatic rings. The topological polar surface area (TPSA) is 79.3 Å². The normalized spacial score (nSPS) is 16.2. The minimum atomic E-state index is -1.23. The largest absolute Gasteiger partial charge is 0.478 e. The quantitative estimate of drug-likeness (QED) is 0.900. The second kappa shape index (κ2) is 6.08. The summed E-state index contributed by atoms with van der Waals surface area (Å²) in [5.41, 5.74) is -0.893. The molecule has 0 saturated heterocycles. The Hall–Kier alpha value is -2.28. The second-order valence-electron chi connectivity index (χ2n) is 5.58. The Morgan fingerprint density at radius 2 is 2.04 bits per heavy atom. The van der Waals surface area contributed by atoms with Crippen LogP contribution in [0.15, 0.2) is 29.8 Å². The van der Waals surface area contributed by atoms with E-state index in [9.17, 15) is 14.0 Å². The Balaban J connectivity index is 1.87. The number of carboxylic acid groups (broad SMARTS) is 1. The van der Waals surface area contributed by atoms with Gasteiger partial charge in [0.2, 0.25) is 0 Å². The number of carboxylic acids is 1. The number of thiazole rings is 1. The molecule has 1 amide bonds. The zero-order valence-electron chi connectivity index (χ0n) is 12.2. The highest BCUT2D eigenvalue weighted by Gasteiger charge is 2.39. The molecule has 1 aliphatic carbocycles. The fraction of sp³-hybridized carbons (Fsp3) is 0.312. The van der Waals surface area contributed by atoms with Crippen molar-refractivity contribution in [1.29, 1.82) is 0 Å². The Labute approximate surface area is 136 Å². The van der Waals surface area contributed by atoms with Crippen molar-refractivity contribution in [2.75, 3.05) is 0 Å². The van der Waals surface area contributed by atoms with Gasteiger partial charge in [-0.2, -0.15) is 0 Å². The number of benzene rings is 1. The molecule has 1 heterocycles. The van der Waals surface area contributed by atoms with Gasteiger partial charge in [0, 0.05) is 11.6 Å². The first-order valence-electron chi connectivity index (χ1n) is 7.27. The molecule has 0 unspecified atom stereocenters. The minimum Gasteiger partial charge on any atom is -0.478 e. The summed E-state index contributed by atoms with van der Waals surface area (Å²) in [6.45, 7) is 0. The number of hydrogen-bond acceptors (Lipinski definition) is 4. The van der Waals surface area contributed by atoms with Crippen LogP contribution in [0.25, 0.3) is 0 Å². The zero-order chi connectivity index (χ0) is 16.4. The average Bonchev–Trinajstić information content (AvgIpc) is 3.18. The molecule has 0 aliphatic heterocycles. The van der Waals surface area contributed by atoms with E-state index in [0.29, 0.717) is 0 Å². The lowest BCUT2D eigenvalue weighted by molar-refractivity contribution is 0.0695. The van der Waals surface area contributed by atoms with Gasteiger partial charge in [0.25, 0.3) is 5.91 Å². The third-order valence-corrected chi connectivity index (χ3v) is 5.09. The predicted molar refractivity (Wildman–Crippen MR) is 83.1 cm³/mol. The molecule has 1 aromatic carbocycles. The van der Waals surface area contributed by atoms with Crippen LogP contribution in [-0.4, -0.2) is 22.0 Å². The van der Waals surface area contributed by atoms with Crippen molar-refractivity contribution in [1.82, 2.24) is 10.3 Å². The maximum Gasteiger partial charge on any atom is 0.335 e. The van der Waals surface area contributed by atoms with E-state index in [0.717, 1.165) is 36.8 Å². The summed E-state index contributed by atoms with van der Waals surface area (Å²) in [6, 6.07) is 3.30. The molecule has 120 valence electrons.